The van der Waals surface area contributed by atoms with E-state index >= 15 is 0 Å². The smallest absolute Gasteiger partial charge is 0.0676 e. The lowest BCUT2D eigenvalue weighted by molar-refractivity contribution is 0.577. The summed E-state index contributed by atoms with van der Waals surface area (Å²) in [7, 11) is 1.98. The minimum atomic E-state index is 0.218. The van der Waals surface area contributed by atoms with Crippen LogP contribution >= 0.6 is 15.9 Å². The largest absolute Gasteiger partial charge is 0.313 e. The molecule has 2 rings (SSSR count). The van der Waals surface area contributed by atoms with Crippen molar-refractivity contribution in [2.24, 2.45) is 0 Å². The summed E-state index contributed by atoms with van der Waals surface area (Å²) < 4.78 is 1.00. The number of likely N-dealkylation sites (N-methyl/N-ethyl adjacent to an activating group) is 1. The van der Waals surface area contributed by atoms with Crippen LogP contribution in [0.25, 0.3) is 0 Å². The van der Waals surface area contributed by atoms with Crippen molar-refractivity contribution in [3.05, 3.63) is 51.5 Å². The quantitative estimate of drug-likeness (QED) is 0.913. The summed E-state index contributed by atoms with van der Waals surface area (Å²) in [6, 6.07) is 4.44. The molecule has 0 fully saturated rings. The summed E-state index contributed by atoms with van der Waals surface area (Å²) in [5, 5.41) is 11.8. The number of halogens is 1. The first-order valence-electron chi connectivity index (χ1n) is 6.73. The van der Waals surface area contributed by atoms with Crippen LogP contribution in [0, 0.1) is 6.92 Å². The lowest BCUT2D eigenvalue weighted by Gasteiger charge is -2.19. The lowest BCUT2D eigenvalue weighted by Crippen LogP contribution is -2.21. The zero-order valence-electron chi connectivity index (χ0n) is 12.0. The Morgan fingerprint density at radius 1 is 1.25 bits per heavy atom. The van der Waals surface area contributed by atoms with Crippen LogP contribution in [-0.2, 0) is 12.8 Å². The second kappa shape index (κ2) is 6.90. The molecule has 0 aromatic carbocycles. The van der Waals surface area contributed by atoms with E-state index in [-0.39, 0.29) is 6.04 Å². The van der Waals surface area contributed by atoms with Gasteiger partial charge in [-0.3, -0.25) is 4.98 Å². The van der Waals surface area contributed by atoms with E-state index in [2.05, 4.69) is 55.5 Å². The van der Waals surface area contributed by atoms with Gasteiger partial charge in [-0.2, -0.15) is 10.2 Å². The van der Waals surface area contributed by atoms with Crippen molar-refractivity contribution in [1.82, 2.24) is 20.5 Å². The maximum absolute atomic E-state index is 4.31. The van der Waals surface area contributed by atoms with Crippen molar-refractivity contribution >= 4 is 15.9 Å². The van der Waals surface area contributed by atoms with E-state index in [1.807, 2.05) is 20.2 Å². The third-order valence-electron chi connectivity index (χ3n) is 3.29. The molecule has 0 saturated carbocycles. The molecule has 4 nitrogen and oxygen atoms in total. The Bertz CT molecular complexity index is 586. The molecule has 0 aliphatic rings. The van der Waals surface area contributed by atoms with E-state index in [0.717, 1.165) is 28.7 Å². The molecule has 1 unspecified atom stereocenters. The van der Waals surface area contributed by atoms with Crippen LogP contribution in [0.3, 0.4) is 0 Å². The van der Waals surface area contributed by atoms with Gasteiger partial charge in [0.2, 0.25) is 0 Å². The summed E-state index contributed by atoms with van der Waals surface area (Å²) in [6.07, 6.45) is 5.47. The third kappa shape index (κ3) is 3.61. The second-order valence-corrected chi connectivity index (χ2v) is 5.71. The first-order chi connectivity index (χ1) is 9.63. The minimum Gasteiger partial charge on any atom is -0.313 e. The van der Waals surface area contributed by atoms with Crippen LogP contribution in [0.1, 0.15) is 35.5 Å². The Morgan fingerprint density at radius 2 is 2.05 bits per heavy atom. The molecule has 106 valence electrons. The SMILES string of the molecule is CCc1nnc(C)cc1C(Cc1cncc(Br)c1)NC. The van der Waals surface area contributed by atoms with Crippen LogP contribution in [0.4, 0.5) is 0 Å². The number of aryl methyl sites for hydroxylation is 2. The highest BCUT2D eigenvalue weighted by molar-refractivity contribution is 9.10. The van der Waals surface area contributed by atoms with E-state index in [1.165, 1.54) is 11.1 Å². The zero-order valence-corrected chi connectivity index (χ0v) is 13.6. The molecule has 5 heteroatoms. The molecule has 0 aliphatic carbocycles. The monoisotopic (exact) mass is 334 g/mol. The summed E-state index contributed by atoms with van der Waals surface area (Å²) in [4.78, 5) is 4.22. The molecule has 0 aliphatic heterocycles. The Hall–Kier alpha value is -1.33. The highest BCUT2D eigenvalue weighted by Crippen LogP contribution is 2.22. The van der Waals surface area contributed by atoms with Gasteiger partial charge in [-0.1, -0.05) is 6.92 Å². The second-order valence-electron chi connectivity index (χ2n) is 4.80. The standard InChI is InChI=1S/C15H19BrN4/c1-4-14-13(5-10(2)19-20-14)15(17-3)7-11-6-12(16)9-18-8-11/h5-6,8-9,15,17H,4,7H2,1-3H3. The van der Waals surface area contributed by atoms with Crippen molar-refractivity contribution in [2.45, 2.75) is 32.7 Å². The van der Waals surface area contributed by atoms with Gasteiger partial charge in [0.1, 0.15) is 0 Å². The Morgan fingerprint density at radius 3 is 2.70 bits per heavy atom. The molecule has 20 heavy (non-hydrogen) atoms. The first-order valence-corrected chi connectivity index (χ1v) is 7.53. The van der Waals surface area contributed by atoms with Gasteiger partial charge in [-0.05, 0) is 66.0 Å². The van der Waals surface area contributed by atoms with E-state index < -0.39 is 0 Å². The predicted octanol–water partition coefficient (Wildman–Crippen LogP) is 3.01. The van der Waals surface area contributed by atoms with Gasteiger partial charge in [0, 0.05) is 22.9 Å². The molecule has 2 aromatic rings. The van der Waals surface area contributed by atoms with Gasteiger partial charge < -0.3 is 5.32 Å². The highest BCUT2D eigenvalue weighted by atomic mass is 79.9. The minimum absolute atomic E-state index is 0.218. The van der Waals surface area contributed by atoms with Gasteiger partial charge in [-0.25, -0.2) is 0 Å². The van der Waals surface area contributed by atoms with Crippen molar-refractivity contribution in [3.8, 4) is 0 Å². The van der Waals surface area contributed by atoms with E-state index in [1.54, 1.807) is 6.20 Å². The molecular formula is C15H19BrN4. The fraction of sp³-hybridized carbons (Fsp3) is 0.400. The third-order valence-corrected chi connectivity index (χ3v) is 3.72. The van der Waals surface area contributed by atoms with Gasteiger partial charge in [0.05, 0.1) is 11.4 Å². The maximum Gasteiger partial charge on any atom is 0.0676 e. The fourth-order valence-corrected chi connectivity index (χ4v) is 2.69. The molecule has 0 bridgehead atoms. The summed E-state index contributed by atoms with van der Waals surface area (Å²) in [5.41, 5.74) is 4.42. The topological polar surface area (TPSA) is 50.7 Å². The van der Waals surface area contributed by atoms with Crippen LogP contribution in [0.2, 0.25) is 0 Å². The number of hydrogen-bond donors (Lipinski definition) is 1. The molecule has 0 saturated heterocycles. The Labute approximate surface area is 128 Å². The number of nitrogens with zero attached hydrogens (tertiary/aromatic N) is 3. The van der Waals surface area contributed by atoms with Crippen LogP contribution in [0.5, 0.6) is 0 Å². The first kappa shape index (κ1) is 15.1. The number of rotatable bonds is 5. The van der Waals surface area contributed by atoms with Crippen molar-refractivity contribution in [3.63, 3.8) is 0 Å². The molecule has 2 aromatic heterocycles. The van der Waals surface area contributed by atoms with Gasteiger partial charge in [0.15, 0.2) is 0 Å². The highest BCUT2D eigenvalue weighted by Gasteiger charge is 2.16. The number of hydrogen-bond acceptors (Lipinski definition) is 4. The average molecular weight is 335 g/mol. The van der Waals surface area contributed by atoms with Crippen molar-refractivity contribution in [1.29, 1.82) is 0 Å². The normalized spacial score (nSPS) is 12.4. The van der Waals surface area contributed by atoms with E-state index in [9.17, 15) is 0 Å². The fourth-order valence-electron chi connectivity index (χ4n) is 2.28. The molecule has 1 atom stereocenters. The lowest BCUT2D eigenvalue weighted by atomic mass is 9.97. The average Bonchev–Trinajstić information content (AvgIpc) is 2.45. The number of aromatic nitrogens is 3. The van der Waals surface area contributed by atoms with Crippen LogP contribution < -0.4 is 5.32 Å². The van der Waals surface area contributed by atoms with Gasteiger partial charge >= 0.3 is 0 Å². The van der Waals surface area contributed by atoms with Gasteiger partial charge in [0.25, 0.3) is 0 Å². The summed E-state index contributed by atoms with van der Waals surface area (Å²) in [6.45, 7) is 4.08. The van der Waals surface area contributed by atoms with E-state index in [0.29, 0.717) is 0 Å². The molecule has 0 radical (unpaired) electrons. The molecule has 0 spiro atoms. The van der Waals surface area contributed by atoms with Gasteiger partial charge in [-0.15, -0.1) is 0 Å². The summed E-state index contributed by atoms with van der Waals surface area (Å²) in [5.74, 6) is 0. The number of nitrogens with one attached hydrogen (secondary N) is 1. The van der Waals surface area contributed by atoms with E-state index in [4.69, 9.17) is 0 Å². The Kier molecular flexibility index (Phi) is 5.20. The Balaban J connectivity index is 2.30. The summed E-state index contributed by atoms with van der Waals surface area (Å²) >= 11 is 3.46. The molecule has 0 amide bonds. The van der Waals surface area contributed by atoms with Crippen LogP contribution in [-0.4, -0.2) is 22.2 Å². The van der Waals surface area contributed by atoms with Crippen molar-refractivity contribution in [2.75, 3.05) is 7.05 Å². The zero-order chi connectivity index (χ0) is 14.5. The number of pyridine rings is 1. The maximum atomic E-state index is 4.31. The molecule has 2 heterocycles. The predicted molar refractivity (Wildman–Crippen MR) is 83.6 cm³/mol. The van der Waals surface area contributed by atoms with Crippen molar-refractivity contribution < 1.29 is 0 Å². The van der Waals surface area contributed by atoms with Crippen LogP contribution in [0.15, 0.2) is 29.0 Å². The molecular weight excluding hydrogens is 316 g/mol. The molecule has 1 N–H and O–H groups in total.